The number of carbonyl (C=O) groups excluding carboxylic acids is 3. The molecule has 0 radical (unpaired) electrons. The SMILES string of the molecule is CC(C)[C@@H](NC(=O)[C@@H](NC(=O)OCc1ccccc1)[C@@H](C)O)C(N)=O. The number of hydrogen-bond donors (Lipinski definition) is 4. The summed E-state index contributed by atoms with van der Waals surface area (Å²) in [7, 11) is 0. The van der Waals surface area contributed by atoms with Gasteiger partial charge in [-0.3, -0.25) is 9.59 Å². The lowest BCUT2D eigenvalue weighted by Crippen LogP contribution is -2.57. The average molecular weight is 351 g/mol. The van der Waals surface area contributed by atoms with E-state index in [2.05, 4.69) is 10.6 Å². The number of nitrogens with one attached hydrogen (secondary N) is 2. The van der Waals surface area contributed by atoms with Crippen molar-refractivity contribution in [1.82, 2.24) is 10.6 Å². The van der Waals surface area contributed by atoms with Gasteiger partial charge >= 0.3 is 6.09 Å². The van der Waals surface area contributed by atoms with Crippen molar-refractivity contribution in [2.75, 3.05) is 0 Å². The van der Waals surface area contributed by atoms with Crippen LogP contribution in [0, 0.1) is 5.92 Å². The molecule has 3 amide bonds. The zero-order chi connectivity index (χ0) is 19.0. The molecule has 0 fully saturated rings. The lowest BCUT2D eigenvalue weighted by atomic mass is 10.0. The third-order valence-corrected chi connectivity index (χ3v) is 3.52. The first-order valence-electron chi connectivity index (χ1n) is 7.97. The van der Waals surface area contributed by atoms with E-state index in [4.69, 9.17) is 10.5 Å². The lowest BCUT2D eigenvalue weighted by Gasteiger charge is -2.25. The average Bonchev–Trinajstić information content (AvgIpc) is 2.55. The summed E-state index contributed by atoms with van der Waals surface area (Å²) in [6.45, 7) is 4.80. The van der Waals surface area contributed by atoms with Gasteiger partial charge in [0, 0.05) is 0 Å². The normalized spacial score (nSPS) is 14.3. The number of ether oxygens (including phenoxy) is 1. The van der Waals surface area contributed by atoms with Crippen molar-refractivity contribution in [1.29, 1.82) is 0 Å². The maximum Gasteiger partial charge on any atom is 0.408 e. The summed E-state index contributed by atoms with van der Waals surface area (Å²) < 4.78 is 5.03. The van der Waals surface area contributed by atoms with Crippen LogP contribution in [0.3, 0.4) is 0 Å². The highest BCUT2D eigenvalue weighted by Crippen LogP contribution is 2.04. The van der Waals surface area contributed by atoms with Crippen molar-refractivity contribution in [3.63, 3.8) is 0 Å². The Kier molecular flexibility index (Phi) is 7.87. The van der Waals surface area contributed by atoms with Gasteiger partial charge in [0.1, 0.15) is 18.7 Å². The number of amides is 3. The second-order valence-electron chi connectivity index (χ2n) is 6.06. The van der Waals surface area contributed by atoms with Gasteiger partial charge in [-0.05, 0) is 18.4 Å². The van der Waals surface area contributed by atoms with Gasteiger partial charge in [0.2, 0.25) is 11.8 Å². The first kappa shape index (κ1) is 20.4. The number of alkyl carbamates (subject to hydrolysis) is 1. The molecule has 25 heavy (non-hydrogen) atoms. The van der Waals surface area contributed by atoms with Crippen LogP contribution in [0.15, 0.2) is 30.3 Å². The fraction of sp³-hybridized carbons (Fsp3) is 0.471. The maximum atomic E-state index is 12.3. The second-order valence-corrected chi connectivity index (χ2v) is 6.06. The quantitative estimate of drug-likeness (QED) is 0.535. The van der Waals surface area contributed by atoms with Gasteiger partial charge in [-0.2, -0.15) is 0 Å². The van der Waals surface area contributed by atoms with Crippen LogP contribution in [0.25, 0.3) is 0 Å². The molecular formula is C17H25N3O5. The summed E-state index contributed by atoms with van der Waals surface area (Å²) in [6, 6.07) is 6.83. The molecule has 0 saturated carbocycles. The standard InChI is InChI=1S/C17H25N3O5/c1-10(2)13(15(18)22)19-16(23)14(11(3)21)20-17(24)25-9-12-7-5-4-6-8-12/h4-8,10-11,13-14,21H,9H2,1-3H3,(H2,18,22)(H,19,23)(H,20,24)/t11-,13-,14+/m1/s1. The largest absolute Gasteiger partial charge is 0.445 e. The van der Waals surface area contributed by atoms with E-state index in [0.29, 0.717) is 0 Å². The zero-order valence-corrected chi connectivity index (χ0v) is 14.6. The summed E-state index contributed by atoms with van der Waals surface area (Å²) in [5, 5.41) is 14.5. The van der Waals surface area contributed by atoms with Crippen molar-refractivity contribution in [3.05, 3.63) is 35.9 Å². The first-order chi connectivity index (χ1) is 11.7. The number of benzene rings is 1. The molecule has 0 aromatic heterocycles. The van der Waals surface area contributed by atoms with Gasteiger partial charge in [-0.1, -0.05) is 44.2 Å². The molecule has 0 spiro atoms. The van der Waals surface area contributed by atoms with Gasteiger partial charge in [0.15, 0.2) is 0 Å². The highest BCUT2D eigenvalue weighted by Gasteiger charge is 2.30. The highest BCUT2D eigenvalue weighted by atomic mass is 16.5. The first-order valence-corrected chi connectivity index (χ1v) is 7.97. The molecule has 0 aliphatic heterocycles. The Balaban J connectivity index is 2.64. The number of rotatable bonds is 8. The van der Waals surface area contributed by atoms with Crippen molar-refractivity contribution in [2.24, 2.45) is 11.7 Å². The van der Waals surface area contributed by atoms with E-state index in [0.717, 1.165) is 5.56 Å². The maximum absolute atomic E-state index is 12.3. The van der Waals surface area contributed by atoms with Gasteiger partial charge in [0.25, 0.3) is 0 Å². The molecule has 3 atom stereocenters. The number of carbonyl (C=O) groups is 3. The molecule has 1 aromatic rings. The number of aliphatic hydroxyl groups excluding tert-OH is 1. The topological polar surface area (TPSA) is 131 Å². The van der Waals surface area contributed by atoms with Crippen molar-refractivity contribution >= 4 is 17.9 Å². The number of primary amides is 1. The van der Waals surface area contributed by atoms with Crippen LogP contribution in [0.1, 0.15) is 26.3 Å². The van der Waals surface area contributed by atoms with Crippen molar-refractivity contribution in [3.8, 4) is 0 Å². The summed E-state index contributed by atoms with van der Waals surface area (Å²) in [4.78, 5) is 35.5. The molecule has 8 nitrogen and oxygen atoms in total. The van der Waals surface area contributed by atoms with Crippen LogP contribution >= 0.6 is 0 Å². The third-order valence-electron chi connectivity index (χ3n) is 3.52. The molecule has 5 N–H and O–H groups in total. The van der Waals surface area contributed by atoms with Crippen LogP contribution < -0.4 is 16.4 Å². The number of aliphatic hydroxyl groups is 1. The van der Waals surface area contributed by atoms with Crippen LogP contribution in [-0.4, -0.2) is 41.2 Å². The summed E-state index contributed by atoms with van der Waals surface area (Å²) in [6.07, 6.45) is -2.05. The van der Waals surface area contributed by atoms with E-state index in [1.807, 2.05) is 6.07 Å². The summed E-state index contributed by atoms with van der Waals surface area (Å²) in [5.74, 6) is -1.65. The van der Waals surface area contributed by atoms with E-state index in [1.54, 1.807) is 38.1 Å². The van der Waals surface area contributed by atoms with Gasteiger partial charge < -0.3 is 26.2 Å². The summed E-state index contributed by atoms with van der Waals surface area (Å²) in [5.41, 5.74) is 6.03. The van der Waals surface area contributed by atoms with E-state index in [9.17, 15) is 19.5 Å². The van der Waals surface area contributed by atoms with Crippen molar-refractivity contribution in [2.45, 2.75) is 45.6 Å². The minimum Gasteiger partial charge on any atom is -0.445 e. The molecule has 0 aliphatic carbocycles. The monoisotopic (exact) mass is 351 g/mol. The van der Waals surface area contributed by atoms with E-state index >= 15 is 0 Å². The number of hydrogen-bond acceptors (Lipinski definition) is 5. The van der Waals surface area contributed by atoms with E-state index < -0.39 is 36.1 Å². The molecule has 0 unspecified atom stereocenters. The Morgan fingerprint density at radius 2 is 1.68 bits per heavy atom. The van der Waals surface area contributed by atoms with Crippen LogP contribution in [-0.2, 0) is 20.9 Å². The Bertz CT molecular complexity index is 589. The van der Waals surface area contributed by atoms with Gasteiger partial charge in [0.05, 0.1) is 6.10 Å². The predicted molar refractivity (Wildman–Crippen MR) is 91.2 cm³/mol. The molecular weight excluding hydrogens is 326 g/mol. The smallest absolute Gasteiger partial charge is 0.408 e. The molecule has 138 valence electrons. The molecule has 0 saturated heterocycles. The van der Waals surface area contributed by atoms with Crippen LogP contribution in [0.4, 0.5) is 4.79 Å². The summed E-state index contributed by atoms with van der Waals surface area (Å²) >= 11 is 0. The Morgan fingerprint density at radius 3 is 2.16 bits per heavy atom. The van der Waals surface area contributed by atoms with Crippen LogP contribution in [0.2, 0.25) is 0 Å². The minimum absolute atomic E-state index is 0.0245. The highest BCUT2D eigenvalue weighted by molar-refractivity contribution is 5.91. The third kappa shape index (κ3) is 6.80. The van der Waals surface area contributed by atoms with E-state index in [1.165, 1.54) is 6.92 Å². The Labute approximate surface area is 146 Å². The van der Waals surface area contributed by atoms with Gasteiger partial charge in [-0.15, -0.1) is 0 Å². The van der Waals surface area contributed by atoms with Crippen LogP contribution in [0.5, 0.6) is 0 Å². The molecule has 8 heteroatoms. The fourth-order valence-electron chi connectivity index (χ4n) is 2.11. The molecule has 0 heterocycles. The minimum atomic E-state index is -1.27. The van der Waals surface area contributed by atoms with E-state index in [-0.39, 0.29) is 12.5 Å². The number of nitrogens with two attached hydrogens (primary N) is 1. The molecule has 1 aromatic carbocycles. The van der Waals surface area contributed by atoms with Crippen molar-refractivity contribution < 1.29 is 24.2 Å². The van der Waals surface area contributed by atoms with Gasteiger partial charge in [-0.25, -0.2) is 4.79 Å². The second kappa shape index (κ2) is 9.63. The predicted octanol–water partition coefficient (Wildman–Crippen LogP) is 0.288. The lowest BCUT2D eigenvalue weighted by molar-refractivity contribution is -0.131. The molecule has 1 rings (SSSR count). The Morgan fingerprint density at radius 1 is 1.08 bits per heavy atom. The zero-order valence-electron chi connectivity index (χ0n) is 14.6. The molecule has 0 aliphatic rings. The molecule has 0 bridgehead atoms. The fourth-order valence-corrected chi connectivity index (χ4v) is 2.11. The Hall–Kier alpha value is -2.61.